The highest BCUT2D eigenvalue weighted by atomic mass is 16.5. The van der Waals surface area contributed by atoms with E-state index in [-0.39, 0.29) is 0 Å². The van der Waals surface area contributed by atoms with Crippen LogP contribution in [-0.4, -0.2) is 28.4 Å². The van der Waals surface area contributed by atoms with Gasteiger partial charge < -0.3 is 29.6 Å². The number of hydrogen-bond acceptors (Lipinski definition) is 8. The van der Waals surface area contributed by atoms with Gasteiger partial charge in [0.25, 0.3) is 0 Å². The molecule has 8 nitrogen and oxygen atoms in total. The highest BCUT2D eigenvalue weighted by Gasteiger charge is 2.15. The Bertz CT molecular complexity index is 1120. The van der Waals surface area contributed by atoms with E-state index in [0.29, 0.717) is 56.9 Å². The number of rotatable bonds is 8. The molecular formula is C24H22N4O4. The molecule has 0 atom stereocenters. The van der Waals surface area contributed by atoms with Crippen LogP contribution in [0.25, 0.3) is 0 Å². The second-order valence-corrected chi connectivity index (χ2v) is 6.55. The number of benzene rings is 3. The van der Waals surface area contributed by atoms with E-state index < -0.39 is 0 Å². The average Bonchev–Trinajstić information content (AvgIpc) is 2.84. The van der Waals surface area contributed by atoms with Gasteiger partial charge in [-0.25, -0.2) is 0 Å². The van der Waals surface area contributed by atoms with Crippen LogP contribution < -0.4 is 29.6 Å². The number of nitrogens with one attached hydrogen (secondary N) is 2. The lowest BCUT2D eigenvalue weighted by Gasteiger charge is -2.17. The van der Waals surface area contributed by atoms with Gasteiger partial charge in [0.05, 0.1) is 62.3 Å². The number of hydrogen-bond donors (Lipinski definition) is 2. The maximum atomic E-state index is 9.76. The maximum Gasteiger partial charge on any atom is 0.142 e. The topological polar surface area (TPSA) is 109 Å². The van der Waals surface area contributed by atoms with Crippen LogP contribution in [0, 0.1) is 22.7 Å². The fraction of sp³-hybridized carbons (Fsp3) is 0.167. The fourth-order valence-corrected chi connectivity index (χ4v) is 3.11. The number of methoxy groups -OCH3 is 4. The van der Waals surface area contributed by atoms with Crippen LogP contribution in [0.4, 0.5) is 22.7 Å². The van der Waals surface area contributed by atoms with Gasteiger partial charge in [0.1, 0.15) is 35.1 Å². The number of ether oxygens (including phenoxy) is 4. The van der Waals surface area contributed by atoms with Crippen molar-refractivity contribution in [2.45, 2.75) is 0 Å². The molecule has 0 spiro atoms. The summed E-state index contributed by atoms with van der Waals surface area (Å²) in [6, 6.07) is 18.1. The van der Waals surface area contributed by atoms with E-state index in [1.54, 1.807) is 77.0 Å². The van der Waals surface area contributed by atoms with Crippen molar-refractivity contribution in [1.29, 1.82) is 10.5 Å². The largest absolute Gasteiger partial charge is 0.497 e. The van der Waals surface area contributed by atoms with E-state index in [0.717, 1.165) is 0 Å². The minimum Gasteiger partial charge on any atom is -0.497 e. The smallest absolute Gasteiger partial charge is 0.142 e. The first-order valence-corrected chi connectivity index (χ1v) is 9.53. The first-order chi connectivity index (χ1) is 15.6. The van der Waals surface area contributed by atoms with E-state index in [1.807, 2.05) is 0 Å². The van der Waals surface area contributed by atoms with Crippen molar-refractivity contribution in [3.8, 4) is 35.1 Å². The molecule has 3 aromatic carbocycles. The Kier molecular flexibility index (Phi) is 6.89. The summed E-state index contributed by atoms with van der Waals surface area (Å²) in [6.07, 6.45) is 0. The van der Waals surface area contributed by atoms with E-state index in [2.05, 4.69) is 22.8 Å². The molecule has 0 radical (unpaired) electrons. The molecule has 0 aliphatic heterocycles. The fourth-order valence-electron chi connectivity index (χ4n) is 3.11. The van der Waals surface area contributed by atoms with E-state index in [9.17, 15) is 10.5 Å². The Morgan fingerprint density at radius 2 is 0.969 bits per heavy atom. The molecule has 0 fully saturated rings. The van der Waals surface area contributed by atoms with Gasteiger partial charge in [0.2, 0.25) is 0 Å². The third-order valence-electron chi connectivity index (χ3n) is 4.75. The minimum atomic E-state index is 0.332. The molecule has 8 heteroatoms. The molecule has 0 bridgehead atoms. The predicted molar refractivity (Wildman–Crippen MR) is 122 cm³/mol. The Balaban J connectivity index is 2.04. The molecule has 0 aromatic heterocycles. The minimum absolute atomic E-state index is 0.332. The number of nitrogens with zero attached hydrogens (tertiary/aromatic N) is 2. The Hall–Kier alpha value is -4.56. The van der Waals surface area contributed by atoms with Gasteiger partial charge in [-0.2, -0.15) is 10.5 Å². The summed E-state index contributed by atoms with van der Waals surface area (Å²) in [5.41, 5.74) is 2.78. The van der Waals surface area contributed by atoms with Crippen molar-refractivity contribution in [2.75, 3.05) is 39.1 Å². The Labute approximate surface area is 186 Å². The van der Waals surface area contributed by atoms with Crippen LogP contribution in [0.1, 0.15) is 11.1 Å². The van der Waals surface area contributed by atoms with Gasteiger partial charge in [-0.1, -0.05) is 0 Å². The number of anilines is 4. The first kappa shape index (κ1) is 22.1. The molecule has 0 aliphatic carbocycles. The van der Waals surface area contributed by atoms with Gasteiger partial charge >= 0.3 is 0 Å². The zero-order chi connectivity index (χ0) is 23.1. The van der Waals surface area contributed by atoms with Crippen molar-refractivity contribution in [1.82, 2.24) is 0 Å². The van der Waals surface area contributed by atoms with Gasteiger partial charge in [0.15, 0.2) is 0 Å². The Morgan fingerprint density at radius 1 is 0.562 bits per heavy atom. The molecule has 0 amide bonds. The summed E-state index contributed by atoms with van der Waals surface area (Å²) in [5, 5.41) is 25.9. The predicted octanol–water partition coefficient (Wildman–Crippen LogP) is 4.95. The lowest BCUT2D eigenvalue weighted by atomic mass is 10.1. The van der Waals surface area contributed by atoms with E-state index in [1.165, 1.54) is 0 Å². The normalized spacial score (nSPS) is 9.81. The average molecular weight is 430 g/mol. The van der Waals surface area contributed by atoms with Gasteiger partial charge in [-0.3, -0.25) is 0 Å². The summed E-state index contributed by atoms with van der Waals surface area (Å²) in [7, 11) is 6.22. The third kappa shape index (κ3) is 4.61. The first-order valence-electron chi connectivity index (χ1n) is 9.53. The van der Waals surface area contributed by atoms with Gasteiger partial charge in [-0.15, -0.1) is 0 Å². The van der Waals surface area contributed by atoms with Crippen molar-refractivity contribution in [3.05, 3.63) is 59.7 Å². The molecule has 0 heterocycles. The molecule has 3 rings (SSSR count). The highest BCUT2D eigenvalue weighted by Crippen LogP contribution is 2.37. The molecular weight excluding hydrogens is 408 g/mol. The van der Waals surface area contributed by atoms with Crippen molar-refractivity contribution >= 4 is 22.7 Å². The summed E-state index contributed by atoms with van der Waals surface area (Å²) in [5.74, 6) is 2.37. The molecule has 3 aromatic rings. The SMILES string of the molecule is COc1ccc(OC)c(Nc2cc(C#N)c(Nc3cc(OC)ccc3OC)cc2C#N)c1. The van der Waals surface area contributed by atoms with Crippen LogP contribution in [0.15, 0.2) is 48.5 Å². The summed E-state index contributed by atoms with van der Waals surface area (Å²) < 4.78 is 21.3. The summed E-state index contributed by atoms with van der Waals surface area (Å²) in [4.78, 5) is 0. The highest BCUT2D eigenvalue weighted by molar-refractivity contribution is 5.80. The van der Waals surface area contributed by atoms with Crippen LogP contribution in [-0.2, 0) is 0 Å². The molecule has 162 valence electrons. The maximum absolute atomic E-state index is 9.76. The molecule has 0 saturated carbocycles. The summed E-state index contributed by atoms with van der Waals surface area (Å²) >= 11 is 0. The Morgan fingerprint density at radius 3 is 1.28 bits per heavy atom. The molecule has 0 unspecified atom stereocenters. The molecule has 32 heavy (non-hydrogen) atoms. The van der Waals surface area contributed by atoms with Crippen molar-refractivity contribution in [3.63, 3.8) is 0 Å². The van der Waals surface area contributed by atoms with Crippen LogP contribution in [0.5, 0.6) is 23.0 Å². The second kappa shape index (κ2) is 9.96. The molecule has 0 aliphatic rings. The summed E-state index contributed by atoms with van der Waals surface area (Å²) in [6.45, 7) is 0. The van der Waals surface area contributed by atoms with E-state index >= 15 is 0 Å². The lowest BCUT2D eigenvalue weighted by Crippen LogP contribution is -2.02. The van der Waals surface area contributed by atoms with Crippen molar-refractivity contribution < 1.29 is 18.9 Å². The molecule has 0 saturated heterocycles. The van der Waals surface area contributed by atoms with Crippen molar-refractivity contribution in [2.24, 2.45) is 0 Å². The molecule has 2 N–H and O–H groups in total. The monoisotopic (exact) mass is 430 g/mol. The zero-order valence-corrected chi connectivity index (χ0v) is 18.1. The second-order valence-electron chi connectivity index (χ2n) is 6.55. The quantitative estimate of drug-likeness (QED) is 0.517. The van der Waals surface area contributed by atoms with Gasteiger partial charge in [0, 0.05) is 12.1 Å². The van der Waals surface area contributed by atoms with Crippen LogP contribution in [0.2, 0.25) is 0 Å². The lowest BCUT2D eigenvalue weighted by molar-refractivity contribution is 0.405. The third-order valence-corrected chi connectivity index (χ3v) is 4.75. The standard InChI is InChI=1S/C24H22N4O4/c1-29-17-5-7-23(31-3)21(11-17)27-19-9-16(14-26)20(10-15(19)13-25)28-22-12-18(30-2)6-8-24(22)32-4/h5-12,27-28H,1-4H3. The zero-order valence-electron chi connectivity index (χ0n) is 18.1. The van der Waals surface area contributed by atoms with Crippen LogP contribution >= 0.6 is 0 Å². The van der Waals surface area contributed by atoms with Crippen LogP contribution in [0.3, 0.4) is 0 Å². The number of nitriles is 2. The van der Waals surface area contributed by atoms with E-state index in [4.69, 9.17) is 18.9 Å². The van der Waals surface area contributed by atoms with Gasteiger partial charge in [-0.05, 0) is 36.4 Å².